The number of aromatic nitrogens is 1. The minimum absolute atomic E-state index is 0.0416. The number of carbonyl (C=O) groups is 1. The summed E-state index contributed by atoms with van der Waals surface area (Å²) in [6.45, 7) is 3.29. The fraction of sp³-hybridized carbons (Fsp3) is 0.316. The van der Waals surface area contributed by atoms with Gasteiger partial charge in [-0.3, -0.25) is 4.79 Å². The summed E-state index contributed by atoms with van der Waals surface area (Å²) in [7, 11) is 3.27. The molecule has 0 unspecified atom stereocenters. The number of nitrogens with one attached hydrogen (secondary N) is 1. The molecule has 2 heterocycles. The van der Waals surface area contributed by atoms with Gasteiger partial charge in [-0.25, -0.2) is 0 Å². The Bertz CT molecular complexity index is 860. The Labute approximate surface area is 151 Å². The summed E-state index contributed by atoms with van der Waals surface area (Å²) in [5.74, 6) is 1.43. The second kappa shape index (κ2) is 7.61. The van der Waals surface area contributed by atoms with Crippen molar-refractivity contribution >= 4 is 27.5 Å². The van der Waals surface area contributed by atoms with Gasteiger partial charge in [-0.05, 0) is 41.6 Å². The minimum Gasteiger partial charge on any atom is -0.497 e. The lowest BCUT2D eigenvalue weighted by atomic mass is 10.2. The van der Waals surface area contributed by atoms with Gasteiger partial charge in [0.1, 0.15) is 17.2 Å². The van der Waals surface area contributed by atoms with Gasteiger partial charge in [0, 0.05) is 19.2 Å². The van der Waals surface area contributed by atoms with E-state index >= 15 is 0 Å². The molecule has 3 aromatic rings. The van der Waals surface area contributed by atoms with E-state index in [2.05, 4.69) is 5.32 Å². The molecule has 0 aliphatic heterocycles. The van der Waals surface area contributed by atoms with Gasteiger partial charge in [0.15, 0.2) is 0 Å². The number of benzene rings is 1. The van der Waals surface area contributed by atoms with Gasteiger partial charge >= 0.3 is 0 Å². The summed E-state index contributed by atoms with van der Waals surface area (Å²) in [5, 5.41) is 5.01. The highest BCUT2D eigenvalue weighted by molar-refractivity contribution is 7.17. The SMILES string of the molecule is CCCNC(=O)c1cc2sccc2n1Cc1cc(OC)cc(OC)c1. The summed E-state index contributed by atoms with van der Waals surface area (Å²) in [6.07, 6.45) is 0.911. The lowest BCUT2D eigenvalue weighted by molar-refractivity contribution is 0.0945. The molecule has 0 saturated heterocycles. The lowest BCUT2D eigenvalue weighted by Crippen LogP contribution is -2.26. The average molecular weight is 358 g/mol. The summed E-state index contributed by atoms with van der Waals surface area (Å²) in [4.78, 5) is 12.6. The molecule has 25 heavy (non-hydrogen) atoms. The van der Waals surface area contributed by atoms with Crippen LogP contribution in [0.2, 0.25) is 0 Å². The maximum Gasteiger partial charge on any atom is 0.267 e. The Balaban J connectivity index is 2.00. The fourth-order valence-corrected chi connectivity index (χ4v) is 3.63. The number of nitrogens with zero attached hydrogens (tertiary/aromatic N) is 1. The number of fused-ring (bicyclic) bond motifs is 1. The molecule has 1 N–H and O–H groups in total. The Morgan fingerprint density at radius 3 is 2.52 bits per heavy atom. The molecule has 132 valence electrons. The topological polar surface area (TPSA) is 52.5 Å². The van der Waals surface area contributed by atoms with E-state index in [0.717, 1.165) is 33.7 Å². The number of hydrogen-bond donors (Lipinski definition) is 1. The summed E-state index contributed by atoms with van der Waals surface area (Å²) >= 11 is 1.64. The summed E-state index contributed by atoms with van der Waals surface area (Å²) < 4.78 is 13.9. The van der Waals surface area contributed by atoms with Gasteiger partial charge in [0.25, 0.3) is 5.91 Å². The number of methoxy groups -OCH3 is 2. The van der Waals surface area contributed by atoms with Crippen molar-refractivity contribution in [1.29, 1.82) is 0 Å². The first kappa shape index (κ1) is 17.4. The zero-order valence-corrected chi connectivity index (χ0v) is 15.5. The van der Waals surface area contributed by atoms with Crippen LogP contribution in [-0.4, -0.2) is 31.2 Å². The van der Waals surface area contributed by atoms with Crippen LogP contribution < -0.4 is 14.8 Å². The van der Waals surface area contributed by atoms with Crippen LogP contribution in [-0.2, 0) is 6.54 Å². The molecule has 2 aromatic heterocycles. The molecule has 0 radical (unpaired) electrons. The smallest absolute Gasteiger partial charge is 0.267 e. The zero-order chi connectivity index (χ0) is 17.8. The molecule has 0 saturated carbocycles. The van der Waals surface area contributed by atoms with E-state index in [0.29, 0.717) is 18.8 Å². The first-order valence-electron chi connectivity index (χ1n) is 8.23. The van der Waals surface area contributed by atoms with Crippen LogP contribution in [0.15, 0.2) is 35.7 Å². The second-order valence-corrected chi connectivity index (χ2v) is 6.71. The molecular weight excluding hydrogens is 336 g/mol. The molecule has 0 atom stereocenters. The third kappa shape index (κ3) is 3.64. The van der Waals surface area contributed by atoms with Gasteiger partial charge in [-0.1, -0.05) is 6.92 Å². The van der Waals surface area contributed by atoms with Crippen molar-refractivity contribution in [2.45, 2.75) is 19.9 Å². The van der Waals surface area contributed by atoms with E-state index in [1.54, 1.807) is 25.6 Å². The van der Waals surface area contributed by atoms with Crippen LogP contribution >= 0.6 is 11.3 Å². The fourth-order valence-electron chi connectivity index (χ4n) is 2.80. The first-order chi connectivity index (χ1) is 12.2. The maximum atomic E-state index is 12.6. The monoisotopic (exact) mass is 358 g/mol. The van der Waals surface area contributed by atoms with Crippen molar-refractivity contribution in [1.82, 2.24) is 9.88 Å². The molecule has 3 rings (SSSR count). The third-order valence-electron chi connectivity index (χ3n) is 4.04. The Morgan fingerprint density at radius 1 is 1.16 bits per heavy atom. The predicted octanol–water partition coefficient (Wildman–Crippen LogP) is 3.91. The van der Waals surface area contributed by atoms with Crippen LogP contribution in [0.4, 0.5) is 0 Å². The van der Waals surface area contributed by atoms with Crippen LogP contribution in [0.5, 0.6) is 11.5 Å². The van der Waals surface area contributed by atoms with E-state index in [1.165, 1.54) is 0 Å². The second-order valence-electron chi connectivity index (χ2n) is 5.76. The average Bonchev–Trinajstić information content (AvgIpc) is 3.22. The highest BCUT2D eigenvalue weighted by atomic mass is 32.1. The number of ether oxygens (including phenoxy) is 2. The van der Waals surface area contributed by atoms with Crippen molar-refractivity contribution in [2.24, 2.45) is 0 Å². The normalized spacial score (nSPS) is 10.8. The van der Waals surface area contributed by atoms with E-state index < -0.39 is 0 Å². The zero-order valence-electron chi connectivity index (χ0n) is 14.7. The molecule has 1 amide bonds. The van der Waals surface area contributed by atoms with E-state index in [9.17, 15) is 4.79 Å². The molecule has 0 fully saturated rings. The quantitative estimate of drug-likeness (QED) is 0.697. The van der Waals surface area contributed by atoms with Crippen molar-refractivity contribution in [3.05, 3.63) is 47.0 Å². The van der Waals surface area contributed by atoms with Crippen molar-refractivity contribution in [2.75, 3.05) is 20.8 Å². The van der Waals surface area contributed by atoms with Crippen molar-refractivity contribution in [3.8, 4) is 11.5 Å². The third-order valence-corrected chi connectivity index (χ3v) is 4.90. The number of amides is 1. The predicted molar refractivity (Wildman–Crippen MR) is 101 cm³/mol. The number of rotatable bonds is 7. The van der Waals surface area contributed by atoms with Gasteiger partial charge in [0.2, 0.25) is 0 Å². The molecule has 0 aliphatic carbocycles. The van der Waals surface area contributed by atoms with Crippen molar-refractivity contribution in [3.63, 3.8) is 0 Å². The van der Waals surface area contributed by atoms with Crippen LogP contribution in [0.3, 0.4) is 0 Å². The minimum atomic E-state index is -0.0416. The van der Waals surface area contributed by atoms with Gasteiger partial charge in [-0.2, -0.15) is 0 Å². The van der Waals surface area contributed by atoms with Gasteiger partial charge < -0.3 is 19.4 Å². The highest BCUT2D eigenvalue weighted by Gasteiger charge is 2.17. The standard InChI is InChI=1S/C19H22N2O3S/c1-4-6-20-19(22)17-11-18-16(5-7-25-18)21(17)12-13-8-14(23-2)10-15(9-13)24-3/h5,7-11H,4,6,12H2,1-3H3,(H,20,22). The maximum absolute atomic E-state index is 12.6. The number of carbonyl (C=O) groups excluding carboxylic acids is 1. The summed E-state index contributed by atoms with van der Waals surface area (Å²) in [5.41, 5.74) is 2.76. The molecule has 0 bridgehead atoms. The number of hydrogen-bond acceptors (Lipinski definition) is 4. The molecule has 0 aliphatic rings. The van der Waals surface area contributed by atoms with E-state index in [4.69, 9.17) is 9.47 Å². The largest absolute Gasteiger partial charge is 0.497 e. The van der Waals surface area contributed by atoms with Gasteiger partial charge in [-0.15, -0.1) is 11.3 Å². The Morgan fingerprint density at radius 2 is 1.88 bits per heavy atom. The highest BCUT2D eigenvalue weighted by Crippen LogP contribution is 2.28. The molecule has 1 aromatic carbocycles. The lowest BCUT2D eigenvalue weighted by Gasteiger charge is -2.13. The Hall–Kier alpha value is -2.47. The van der Waals surface area contributed by atoms with E-state index in [1.807, 2.05) is 47.2 Å². The molecule has 0 spiro atoms. The first-order valence-corrected chi connectivity index (χ1v) is 9.11. The molecular formula is C19H22N2O3S. The molecule has 5 nitrogen and oxygen atoms in total. The van der Waals surface area contributed by atoms with Crippen LogP contribution in [0.1, 0.15) is 29.4 Å². The van der Waals surface area contributed by atoms with Crippen LogP contribution in [0, 0.1) is 0 Å². The van der Waals surface area contributed by atoms with Crippen LogP contribution in [0.25, 0.3) is 10.2 Å². The van der Waals surface area contributed by atoms with Gasteiger partial charge in [0.05, 0.1) is 24.4 Å². The van der Waals surface area contributed by atoms with E-state index in [-0.39, 0.29) is 5.91 Å². The Kier molecular flexibility index (Phi) is 5.28. The van der Waals surface area contributed by atoms with Crippen molar-refractivity contribution < 1.29 is 14.3 Å². The summed E-state index contributed by atoms with van der Waals surface area (Å²) in [6, 6.07) is 9.79. The molecule has 6 heteroatoms. The number of thiophene rings is 1.